The zero-order valence-corrected chi connectivity index (χ0v) is 10.9. The van der Waals surface area contributed by atoms with E-state index in [1.165, 1.54) is 11.1 Å². The molecule has 0 amide bonds. The number of nitrogens with zero attached hydrogens (tertiary/aromatic N) is 2. The fourth-order valence-corrected chi connectivity index (χ4v) is 3.18. The van der Waals surface area contributed by atoms with Crippen LogP contribution in [0.5, 0.6) is 0 Å². The number of nitrogens with two attached hydrogens (primary N) is 1. The van der Waals surface area contributed by atoms with E-state index in [1.807, 2.05) is 6.07 Å². The van der Waals surface area contributed by atoms with Crippen LogP contribution in [0.3, 0.4) is 0 Å². The van der Waals surface area contributed by atoms with Crippen LogP contribution in [0.25, 0.3) is 11.3 Å². The molecule has 2 aliphatic rings. The number of furan rings is 1. The molecule has 2 aromatic heterocycles. The van der Waals surface area contributed by atoms with Crippen LogP contribution in [0.4, 0.5) is 5.82 Å². The Balaban J connectivity index is 1.70. The minimum absolute atomic E-state index is 0.353. The minimum atomic E-state index is 0.353. The Kier molecular flexibility index (Phi) is 2.41. The Labute approximate surface area is 111 Å². The van der Waals surface area contributed by atoms with Gasteiger partial charge in [-0.05, 0) is 25.3 Å². The summed E-state index contributed by atoms with van der Waals surface area (Å²) in [7, 11) is 0. The maximum atomic E-state index is 5.97. The Hall–Kier alpha value is -1.75. The van der Waals surface area contributed by atoms with Gasteiger partial charge in [0.15, 0.2) is 5.82 Å². The smallest absolute Gasteiger partial charge is 0.154 e. The van der Waals surface area contributed by atoms with E-state index in [1.54, 1.807) is 6.26 Å². The predicted molar refractivity (Wildman–Crippen MR) is 73.1 cm³/mol. The highest BCUT2D eigenvalue weighted by Crippen LogP contribution is 2.37. The molecule has 3 heterocycles. The lowest BCUT2D eigenvalue weighted by Crippen LogP contribution is -2.40. The van der Waals surface area contributed by atoms with E-state index in [0.717, 1.165) is 56.0 Å². The van der Waals surface area contributed by atoms with Crippen LogP contribution in [0, 0.1) is 0 Å². The molecule has 1 saturated heterocycles. The quantitative estimate of drug-likeness (QED) is 0.816. The first-order valence-electron chi connectivity index (χ1n) is 6.97. The number of nitrogens with one attached hydrogen (secondary N) is 1. The molecule has 5 heteroatoms. The molecule has 1 aliphatic heterocycles. The van der Waals surface area contributed by atoms with Crippen molar-refractivity contribution in [3.05, 3.63) is 23.7 Å². The van der Waals surface area contributed by atoms with Gasteiger partial charge < -0.3 is 15.1 Å². The number of aromatic nitrogens is 2. The van der Waals surface area contributed by atoms with Crippen molar-refractivity contribution in [1.29, 1.82) is 0 Å². The van der Waals surface area contributed by atoms with Crippen molar-refractivity contribution in [2.45, 2.75) is 31.7 Å². The van der Waals surface area contributed by atoms with Gasteiger partial charge in [0.05, 0.1) is 12.0 Å². The third-order valence-electron chi connectivity index (χ3n) is 4.30. The molecule has 100 valence electrons. The van der Waals surface area contributed by atoms with Crippen LogP contribution in [0.2, 0.25) is 0 Å². The largest absolute Gasteiger partial charge is 0.469 e. The van der Waals surface area contributed by atoms with Crippen LogP contribution >= 0.6 is 0 Å². The van der Waals surface area contributed by atoms with Gasteiger partial charge in [-0.25, -0.2) is 0 Å². The second-order valence-corrected chi connectivity index (χ2v) is 5.48. The average molecular weight is 258 g/mol. The maximum absolute atomic E-state index is 5.97. The summed E-state index contributed by atoms with van der Waals surface area (Å²) >= 11 is 0. The highest BCUT2D eigenvalue weighted by molar-refractivity contribution is 5.73. The zero-order valence-electron chi connectivity index (χ0n) is 10.9. The maximum Gasteiger partial charge on any atom is 0.154 e. The summed E-state index contributed by atoms with van der Waals surface area (Å²) in [6, 6.07) is 2.38. The molecule has 0 atom stereocenters. The molecule has 0 saturated carbocycles. The second-order valence-electron chi connectivity index (χ2n) is 5.48. The SMILES string of the molecule is NC1CCN(c2n[nH]c3c2CCc2occc2-3)CC1. The molecule has 0 radical (unpaired) electrons. The van der Waals surface area contributed by atoms with E-state index in [4.69, 9.17) is 10.2 Å². The number of aryl methyl sites for hydroxylation is 1. The molecular weight excluding hydrogens is 240 g/mol. The number of rotatable bonds is 1. The summed E-state index contributed by atoms with van der Waals surface area (Å²) in [6.45, 7) is 2.02. The van der Waals surface area contributed by atoms with E-state index in [9.17, 15) is 0 Å². The number of anilines is 1. The predicted octanol–water partition coefficient (Wildman–Crippen LogP) is 1.70. The van der Waals surface area contributed by atoms with Crippen LogP contribution < -0.4 is 10.6 Å². The first kappa shape index (κ1) is 11.1. The van der Waals surface area contributed by atoms with Crippen molar-refractivity contribution in [3.8, 4) is 11.3 Å². The third-order valence-corrected chi connectivity index (χ3v) is 4.30. The summed E-state index contributed by atoms with van der Waals surface area (Å²) in [5.74, 6) is 2.19. The van der Waals surface area contributed by atoms with Gasteiger partial charge in [-0.2, -0.15) is 5.10 Å². The van der Waals surface area contributed by atoms with Gasteiger partial charge in [0.1, 0.15) is 5.76 Å². The molecular formula is C14H18N4O. The van der Waals surface area contributed by atoms with Crippen molar-refractivity contribution in [1.82, 2.24) is 10.2 Å². The molecule has 0 bridgehead atoms. The number of fused-ring (bicyclic) bond motifs is 3. The Morgan fingerprint density at radius 1 is 1.32 bits per heavy atom. The molecule has 19 heavy (non-hydrogen) atoms. The first-order chi connectivity index (χ1) is 9.33. The number of piperidine rings is 1. The summed E-state index contributed by atoms with van der Waals surface area (Å²) < 4.78 is 5.50. The van der Waals surface area contributed by atoms with Gasteiger partial charge in [-0.15, -0.1) is 0 Å². The average Bonchev–Trinajstić information content (AvgIpc) is 3.04. The molecule has 0 aromatic carbocycles. The number of hydrogen-bond donors (Lipinski definition) is 2. The molecule has 2 aromatic rings. The van der Waals surface area contributed by atoms with Crippen LogP contribution in [-0.2, 0) is 12.8 Å². The normalized spacial score (nSPS) is 19.3. The van der Waals surface area contributed by atoms with Gasteiger partial charge in [-0.1, -0.05) is 0 Å². The fourth-order valence-electron chi connectivity index (χ4n) is 3.18. The Bertz CT molecular complexity index is 592. The topological polar surface area (TPSA) is 71.1 Å². The van der Waals surface area contributed by atoms with Crippen molar-refractivity contribution >= 4 is 5.82 Å². The van der Waals surface area contributed by atoms with Gasteiger partial charge >= 0.3 is 0 Å². The molecule has 0 spiro atoms. The molecule has 1 fully saturated rings. The monoisotopic (exact) mass is 258 g/mol. The molecule has 5 nitrogen and oxygen atoms in total. The minimum Gasteiger partial charge on any atom is -0.469 e. The lowest BCUT2D eigenvalue weighted by molar-refractivity contribution is 0.495. The van der Waals surface area contributed by atoms with Crippen molar-refractivity contribution in [3.63, 3.8) is 0 Å². The molecule has 3 N–H and O–H groups in total. The lowest BCUT2D eigenvalue weighted by atomic mass is 9.95. The summed E-state index contributed by atoms with van der Waals surface area (Å²) in [4.78, 5) is 2.36. The van der Waals surface area contributed by atoms with Gasteiger partial charge in [0.25, 0.3) is 0 Å². The van der Waals surface area contributed by atoms with Crippen LogP contribution in [0.1, 0.15) is 24.2 Å². The summed E-state index contributed by atoms with van der Waals surface area (Å²) in [5, 5.41) is 7.74. The number of aromatic amines is 1. The molecule has 1 aliphatic carbocycles. The summed E-state index contributed by atoms with van der Waals surface area (Å²) in [6.07, 6.45) is 5.84. The lowest BCUT2D eigenvalue weighted by Gasteiger charge is -2.31. The first-order valence-corrected chi connectivity index (χ1v) is 6.97. The highest BCUT2D eigenvalue weighted by atomic mass is 16.3. The zero-order chi connectivity index (χ0) is 12.8. The van der Waals surface area contributed by atoms with E-state index in [2.05, 4.69) is 15.1 Å². The van der Waals surface area contributed by atoms with E-state index in [-0.39, 0.29) is 0 Å². The van der Waals surface area contributed by atoms with Crippen LogP contribution in [-0.4, -0.2) is 29.3 Å². The molecule has 0 unspecified atom stereocenters. The standard InChI is InChI=1S/C14H18N4O/c15-9-3-6-18(7-4-9)14-11-1-2-12-10(5-8-19-12)13(11)16-17-14/h5,8-9H,1-4,6-7,15H2,(H,16,17). The Morgan fingerprint density at radius 3 is 3.00 bits per heavy atom. The number of hydrogen-bond acceptors (Lipinski definition) is 4. The molecule has 4 rings (SSSR count). The summed E-state index contributed by atoms with van der Waals surface area (Å²) in [5.41, 5.74) is 9.62. The number of H-pyrrole nitrogens is 1. The van der Waals surface area contributed by atoms with Gasteiger partial charge in [-0.3, -0.25) is 5.10 Å². The van der Waals surface area contributed by atoms with E-state index >= 15 is 0 Å². The van der Waals surface area contributed by atoms with Crippen molar-refractivity contribution in [2.24, 2.45) is 5.73 Å². The van der Waals surface area contributed by atoms with Crippen LogP contribution in [0.15, 0.2) is 16.7 Å². The third kappa shape index (κ3) is 1.69. The fraction of sp³-hybridized carbons (Fsp3) is 0.500. The van der Waals surface area contributed by atoms with E-state index < -0.39 is 0 Å². The van der Waals surface area contributed by atoms with E-state index in [0.29, 0.717) is 6.04 Å². The van der Waals surface area contributed by atoms with Crippen molar-refractivity contribution in [2.75, 3.05) is 18.0 Å². The van der Waals surface area contributed by atoms with Crippen molar-refractivity contribution < 1.29 is 4.42 Å². The van der Waals surface area contributed by atoms with Gasteiger partial charge in [0.2, 0.25) is 0 Å². The highest BCUT2D eigenvalue weighted by Gasteiger charge is 2.27. The van der Waals surface area contributed by atoms with Gasteiger partial charge in [0, 0.05) is 36.7 Å². The Morgan fingerprint density at radius 2 is 2.16 bits per heavy atom. The second kappa shape index (κ2) is 4.13.